The van der Waals surface area contributed by atoms with Crippen LogP contribution in [0.5, 0.6) is 0 Å². The van der Waals surface area contributed by atoms with Crippen molar-refractivity contribution in [2.75, 3.05) is 13.1 Å². The smallest absolute Gasteiger partial charge is 0.323 e. The van der Waals surface area contributed by atoms with Crippen molar-refractivity contribution in [3.63, 3.8) is 0 Å². The molecular weight excluding hydrogens is 342 g/mol. The molecule has 0 radical (unpaired) electrons. The highest BCUT2D eigenvalue weighted by molar-refractivity contribution is 5.93. The molecule has 3 atom stereocenters. The Morgan fingerprint density at radius 2 is 1.85 bits per heavy atom. The number of nitrogens with zero attached hydrogens (tertiary/aromatic N) is 1. The first kappa shape index (κ1) is 19.4. The summed E-state index contributed by atoms with van der Waals surface area (Å²) in [4.78, 5) is 47.6. The van der Waals surface area contributed by atoms with Crippen molar-refractivity contribution < 1.29 is 29.4 Å². The standard InChI is InChI=1S/C17H21N3O6/c18-12(6-10-4-2-1-3-5-10)16(25)19-15-11(7-13(21)22)8-20(17(15)26)9-14(23)24/h1-5,11-12,15H,6-9,18H2,(H,19,25)(H,21,22)(H,23,24)/t11-,12+,15+/m1/s1. The maximum Gasteiger partial charge on any atom is 0.323 e. The van der Waals surface area contributed by atoms with Crippen LogP contribution in [0.15, 0.2) is 30.3 Å². The molecule has 0 unspecified atom stereocenters. The van der Waals surface area contributed by atoms with Crippen LogP contribution in [-0.2, 0) is 25.6 Å². The molecule has 2 amide bonds. The quantitative estimate of drug-likeness (QED) is 0.465. The number of benzene rings is 1. The van der Waals surface area contributed by atoms with Crippen LogP contribution < -0.4 is 11.1 Å². The summed E-state index contributed by atoms with van der Waals surface area (Å²) in [6.45, 7) is -0.590. The van der Waals surface area contributed by atoms with Crippen LogP contribution in [-0.4, -0.2) is 64.0 Å². The number of carboxylic acid groups (broad SMARTS) is 2. The van der Waals surface area contributed by atoms with Gasteiger partial charge in [0.1, 0.15) is 12.6 Å². The van der Waals surface area contributed by atoms with Gasteiger partial charge in [0.15, 0.2) is 0 Å². The minimum atomic E-state index is -1.21. The summed E-state index contributed by atoms with van der Waals surface area (Å²) >= 11 is 0. The summed E-state index contributed by atoms with van der Waals surface area (Å²) < 4.78 is 0. The van der Waals surface area contributed by atoms with E-state index in [0.717, 1.165) is 10.5 Å². The highest BCUT2D eigenvalue weighted by Gasteiger charge is 2.43. The van der Waals surface area contributed by atoms with Crippen molar-refractivity contribution in [3.05, 3.63) is 35.9 Å². The fourth-order valence-corrected chi connectivity index (χ4v) is 2.99. The lowest BCUT2D eigenvalue weighted by Crippen LogP contribution is -2.51. The summed E-state index contributed by atoms with van der Waals surface area (Å²) in [6.07, 6.45) is -0.100. The molecule has 0 aliphatic carbocycles. The highest BCUT2D eigenvalue weighted by atomic mass is 16.4. The van der Waals surface area contributed by atoms with Gasteiger partial charge in [-0.1, -0.05) is 30.3 Å². The molecule has 1 fully saturated rings. The van der Waals surface area contributed by atoms with Crippen molar-refractivity contribution in [2.24, 2.45) is 11.7 Å². The molecule has 0 aromatic heterocycles. The Morgan fingerprint density at radius 3 is 2.42 bits per heavy atom. The Labute approximate surface area is 149 Å². The normalized spacial score (nSPS) is 20.7. The van der Waals surface area contributed by atoms with Crippen LogP contribution in [0.3, 0.4) is 0 Å². The van der Waals surface area contributed by atoms with Crippen LogP contribution in [0.25, 0.3) is 0 Å². The lowest BCUT2D eigenvalue weighted by atomic mass is 9.98. The lowest BCUT2D eigenvalue weighted by Gasteiger charge is -2.19. The van der Waals surface area contributed by atoms with Gasteiger partial charge >= 0.3 is 11.9 Å². The number of nitrogens with two attached hydrogens (primary N) is 1. The van der Waals surface area contributed by atoms with Gasteiger partial charge in [-0.2, -0.15) is 0 Å². The Hall–Kier alpha value is -2.94. The highest BCUT2D eigenvalue weighted by Crippen LogP contribution is 2.22. The predicted molar refractivity (Wildman–Crippen MR) is 90.0 cm³/mol. The molecule has 2 rings (SSSR count). The second kappa shape index (κ2) is 8.43. The summed E-state index contributed by atoms with van der Waals surface area (Å²) in [7, 11) is 0. The van der Waals surface area contributed by atoms with Crippen molar-refractivity contribution in [2.45, 2.75) is 24.9 Å². The summed E-state index contributed by atoms with van der Waals surface area (Å²) in [5.74, 6) is -4.25. The van der Waals surface area contributed by atoms with Crippen molar-refractivity contribution in [1.29, 1.82) is 0 Å². The number of rotatable bonds is 8. The van der Waals surface area contributed by atoms with Gasteiger partial charge in [0.2, 0.25) is 11.8 Å². The second-order valence-corrected chi connectivity index (χ2v) is 6.25. The van der Waals surface area contributed by atoms with E-state index in [-0.39, 0.29) is 19.4 Å². The third-order valence-corrected chi connectivity index (χ3v) is 4.20. The molecule has 1 heterocycles. The average Bonchev–Trinajstić information content (AvgIpc) is 2.83. The van der Waals surface area contributed by atoms with Crippen LogP contribution in [0.4, 0.5) is 0 Å². The van der Waals surface area contributed by atoms with E-state index in [1.807, 2.05) is 30.3 Å². The lowest BCUT2D eigenvalue weighted by molar-refractivity contribution is -0.143. The molecule has 5 N–H and O–H groups in total. The molecule has 0 bridgehead atoms. The van der Waals surface area contributed by atoms with E-state index in [2.05, 4.69) is 5.32 Å². The molecule has 26 heavy (non-hydrogen) atoms. The molecule has 9 heteroatoms. The number of likely N-dealkylation sites (tertiary alicyclic amines) is 1. The van der Waals surface area contributed by atoms with E-state index in [9.17, 15) is 19.2 Å². The van der Waals surface area contributed by atoms with Crippen LogP contribution in [0, 0.1) is 5.92 Å². The Balaban J connectivity index is 2.05. The third kappa shape index (κ3) is 5.03. The molecule has 1 aromatic carbocycles. The maximum atomic E-state index is 12.4. The Bertz CT molecular complexity index is 693. The van der Waals surface area contributed by atoms with Crippen LogP contribution >= 0.6 is 0 Å². The van der Waals surface area contributed by atoms with Crippen LogP contribution in [0.2, 0.25) is 0 Å². The zero-order valence-electron chi connectivity index (χ0n) is 14.0. The largest absolute Gasteiger partial charge is 0.481 e. The molecule has 0 saturated carbocycles. The molecular formula is C17H21N3O6. The van der Waals surface area contributed by atoms with Gasteiger partial charge in [-0.25, -0.2) is 0 Å². The fourth-order valence-electron chi connectivity index (χ4n) is 2.99. The molecule has 1 aromatic rings. The van der Waals surface area contributed by atoms with Gasteiger partial charge in [-0.05, 0) is 12.0 Å². The van der Waals surface area contributed by atoms with Crippen molar-refractivity contribution in [1.82, 2.24) is 10.2 Å². The second-order valence-electron chi connectivity index (χ2n) is 6.25. The van der Waals surface area contributed by atoms with E-state index in [0.29, 0.717) is 0 Å². The van der Waals surface area contributed by atoms with Crippen LogP contribution in [0.1, 0.15) is 12.0 Å². The number of nitrogens with one attached hydrogen (secondary N) is 1. The first-order chi connectivity index (χ1) is 12.3. The Kier molecular flexibility index (Phi) is 6.29. The van der Waals surface area contributed by atoms with Gasteiger partial charge < -0.3 is 26.2 Å². The van der Waals surface area contributed by atoms with E-state index in [4.69, 9.17) is 15.9 Å². The number of hydrogen-bond donors (Lipinski definition) is 4. The number of carbonyl (C=O) groups excluding carboxylic acids is 2. The van der Waals surface area contributed by atoms with Gasteiger partial charge in [-0.3, -0.25) is 19.2 Å². The third-order valence-electron chi connectivity index (χ3n) is 4.20. The monoisotopic (exact) mass is 363 g/mol. The SMILES string of the molecule is N[C@@H](Cc1ccccc1)C(=O)N[C@@H]1C(=O)N(CC(=O)O)C[C@H]1CC(=O)O. The molecule has 9 nitrogen and oxygen atoms in total. The zero-order chi connectivity index (χ0) is 19.3. The van der Waals surface area contributed by atoms with E-state index < -0.39 is 48.3 Å². The summed E-state index contributed by atoms with van der Waals surface area (Å²) in [6, 6.07) is 7.08. The minimum Gasteiger partial charge on any atom is -0.481 e. The topological polar surface area (TPSA) is 150 Å². The molecule has 140 valence electrons. The first-order valence-corrected chi connectivity index (χ1v) is 8.10. The number of carboxylic acids is 2. The number of hydrogen-bond acceptors (Lipinski definition) is 5. The maximum absolute atomic E-state index is 12.4. The van der Waals surface area contributed by atoms with E-state index >= 15 is 0 Å². The fraction of sp³-hybridized carbons (Fsp3) is 0.412. The molecule has 1 aliphatic rings. The Morgan fingerprint density at radius 1 is 1.19 bits per heavy atom. The molecule has 0 spiro atoms. The summed E-state index contributed by atoms with van der Waals surface area (Å²) in [5.41, 5.74) is 6.74. The number of carbonyl (C=O) groups is 4. The zero-order valence-corrected chi connectivity index (χ0v) is 14.0. The predicted octanol–water partition coefficient (Wildman–Crippen LogP) is -0.941. The van der Waals surface area contributed by atoms with Gasteiger partial charge in [0.05, 0.1) is 12.5 Å². The molecule has 1 saturated heterocycles. The van der Waals surface area contributed by atoms with Gasteiger partial charge in [0, 0.05) is 12.5 Å². The molecule has 1 aliphatic heterocycles. The number of amides is 2. The van der Waals surface area contributed by atoms with Crippen molar-refractivity contribution in [3.8, 4) is 0 Å². The van der Waals surface area contributed by atoms with Crippen molar-refractivity contribution >= 4 is 23.8 Å². The van der Waals surface area contributed by atoms with Gasteiger partial charge in [0.25, 0.3) is 0 Å². The minimum absolute atomic E-state index is 0.0453. The summed E-state index contributed by atoms with van der Waals surface area (Å²) in [5, 5.41) is 20.4. The first-order valence-electron chi connectivity index (χ1n) is 8.10. The van der Waals surface area contributed by atoms with Gasteiger partial charge in [-0.15, -0.1) is 0 Å². The average molecular weight is 363 g/mol. The van der Waals surface area contributed by atoms with E-state index in [1.54, 1.807) is 0 Å². The van der Waals surface area contributed by atoms with E-state index in [1.165, 1.54) is 0 Å². The number of aliphatic carboxylic acids is 2.